The van der Waals surface area contributed by atoms with Crippen molar-refractivity contribution < 1.29 is 22.3 Å². The summed E-state index contributed by atoms with van der Waals surface area (Å²) >= 11 is 0. The molecule has 8 heteroatoms. The van der Waals surface area contributed by atoms with Crippen LogP contribution in [0.15, 0.2) is 48.5 Å². The number of hydrogen-bond acceptors (Lipinski definition) is 4. The number of halogens is 1. The molecule has 0 atom stereocenters. The van der Waals surface area contributed by atoms with Gasteiger partial charge in [-0.15, -0.1) is 0 Å². The van der Waals surface area contributed by atoms with E-state index in [4.69, 9.17) is 4.74 Å². The van der Waals surface area contributed by atoms with Crippen LogP contribution in [0.25, 0.3) is 0 Å². The molecule has 0 aromatic heterocycles. The first-order chi connectivity index (χ1) is 11.3. The summed E-state index contributed by atoms with van der Waals surface area (Å²) in [5.74, 6) is -0.130. The second-order valence-electron chi connectivity index (χ2n) is 5.01. The van der Waals surface area contributed by atoms with Gasteiger partial charge >= 0.3 is 0 Å². The Morgan fingerprint density at radius 1 is 1.08 bits per heavy atom. The molecule has 2 N–H and O–H groups in total. The van der Waals surface area contributed by atoms with Crippen molar-refractivity contribution in [3.8, 4) is 5.75 Å². The van der Waals surface area contributed by atoms with Gasteiger partial charge in [0.15, 0.2) is 0 Å². The van der Waals surface area contributed by atoms with Crippen molar-refractivity contribution in [2.45, 2.75) is 0 Å². The van der Waals surface area contributed by atoms with Crippen LogP contribution in [-0.2, 0) is 10.0 Å². The smallest absolute Gasteiger partial charge is 0.251 e. The minimum Gasteiger partial charge on any atom is -0.492 e. The molecule has 2 rings (SSSR count). The maximum Gasteiger partial charge on any atom is 0.251 e. The number of carbonyl (C=O) groups is 1. The molecular formula is C16H17FN2O4S. The predicted molar refractivity (Wildman–Crippen MR) is 89.1 cm³/mol. The lowest BCUT2D eigenvalue weighted by Crippen LogP contribution is -2.28. The summed E-state index contributed by atoms with van der Waals surface area (Å²) in [6, 6.07) is 11.6. The summed E-state index contributed by atoms with van der Waals surface area (Å²) < 4.78 is 42.6. The SMILES string of the molecule is CS(=O)(=O)Nc1ccc(C(=O)NCCOc2ccc(F)cc2)cc1. The van der Waals surface area contributed by atoms with Crippen molar-refractivity contribution in [3.63, 3.8) is 0 Å². The van der Waals surface area contributed by atoms with Gasteiger partial charge in [-0.3, -0.25) is 9.52 Å². The predicted octanol–water partition coefficient (Wildman–Crippen LogP) is 2.01. The van der Waals surface area contributed by atoms with E-state index in [9.17, 15) is 17.6 Å². The lowest BCUT2D eigenvalue weighted by molar-refractivity contribution is 0.0947. The number of ether oxygens (including phenoxy) is 1. The van der Waals surface area contributed by atoms with Gasteiger partial charge in [-0.1, -0.05) is 0 Å². The van der Waals surface area contributed by atoms with Crippen LogP contribution in [-0.4, -0.2) is 33.7 Å². The molecule has 6 nitrogen and oxygen atoms in total. The van der Waals surface area contributed by atoms with E-state index in [-0.39, 0.29) is 24.9 Å². The largest absolute Gasteiger partial charge is 0.492 e. The number of nitrogens with one attached hydrogen (secondary N) is 2. The Morgan fingerprint density at radius 3 is 2.29 bits per heavy atom. The van der Waals surface area contributed by atoms with Gasteiger partial charge in [-0.2, -0.15) is 0 Å². The summed E-state index contributed by atoms with van der Waals surface area (Å²) in [6.45, 7) is 0.518. The number of anilines is 1. The molecule has 0 aliphatic carbocycles. The molecule has 128 valence electrons. The molecule has 0 saturated heterocycles. The van der Waals surface area contributed by atoms with E-state index in [1.165, 1.54) is 48.5 Å². The zero-order chi connectivity index (χ0) is 17.6. The fourth-order valence-corrected chi connectivity index (χ4v) is 2.43. The van der Waals surface area contributed by atoms with E-state index in [0.29, 0.717) is 17.0 Å². The number of sulfonamides is 1. The molecule has 0 spiro atoms. The Kier molecular flexibility index (Phi) is 5.75. The summed E-state index contributed by atoms with van der Waals surface area (Å²) in [6.07, 6.45) is 1.05. The molecule has 0 unspecified atom stereocenters. The molecule has 24 heavy (non-hydrogen) atoms. The summed E-state index contributed by atoms with van der Waals surface area (Å²) in [5.41, 5.74) is 0.782. The van der Waals surface area contributed by atoms with Gasteiger partial charge < -0.3 is 10.1 Å². The fourth-order valence-electron chi connectivity index (χ4n) is 1.87. The Bertz CT molecular complexity index is 790. The number of rotatable bonds is 7. The zero-order valence-electron chi connectivity index (χ0n) is 13.0. The van der Waals surface area contributed by atoms with Crippen molar-refractivity contribution in [1.82, 2.24) is 5.32 Å². The van der Waals surface area contributed by atoms with Crippen LogP contribution in [0.1, 0.15) is 10.4 Å². The van der Waals surface area contributed by atoms with Gasteiger partial charge in [0.1, 0.15) is 18.2 Å². The van der Waals surface area contributed by atoms with Crippen molar-refractivity contribution >= 4 is 21.6 Å². The molecule has 2 aromatic rings. The third-order valence-corrected chi connectivity index (χ3v) is 3.53. The van der Waals surface area contributed by atoms with Crippen LogP contribution in [0.2, 0.25) is 0 Å². The highest BCUT2D eigenvalue weighted by atomic mass is 32.2. The summed E-state index contributed by atoms with van der Waals surface area (Å²) in [4.78, 5) is 11.9. The van der Waals surface area contributed by atoms with Crippen molar-refractivity contribution in [2.75, 3.05) is 24.1 Å². The van der Waals surface area contributed by atoms with Crippen LogP contribution >= 0.6 is 0 Å². The molecule has 0 heterocycles. The second kappa shape index (κ2) is 7.78. The molecule has 0 radical (unpaired) electrons. The first-order valence-electron chi connectivity index (χ1n) is 7.08. The average molecular weight is 352 g/mol. The second-order valence-corrected chi connectivity index (χ2v) is 6.76. The van der Waals surface area contributed by atoms with Gasteiger partial charge in [0.05, 0.1) is 12.8 Å². The standard InChI is InChI=1S/C16H17FN2O4S/c1-24(21,22)19-14-6-2-12(3-7-14)16(20)18-10-11-23-15-8-4-13(17)5-9-15/h2-9,19H,10-11H2,1H3,(H,18,20). The monoisotopic (exact) mass is 352 g/mol. The van der Waals surface area contributed by atoms with Crippen LogP contribution in [0.3, 0.4) is 0 Å². The number of benzene rings is 2. The highest BCUT2D eigenvalue weighted by Gasteiger charge is 2.06. The van der Waals surface area contributed by atoms with Crippen LogP contribution in [0, 0.1) is 5.82 Å². The van der Waals surface area contributed by atoms with E-state index in [1.807, 2.05) is 0 Å². The molecule has 1 amide bonds. The lowest BCUT2D eigenvalue weighted by atomic mass is 10.2. The van der Waals surface area contributed by atoms with E-state index in [1.54, 1.807) is 0 Å². The Balaban J connectivity index is 1.79. The van der Waals surface area contributed by atoms with Gasteiger partial charge in [0.2, 0.25) is 10.0 Å². The van der Waals surface area contributed by atoms with E-state index >= 15 is 0 Å². The lowest BCUT2D eigenvalue weighted by Gasteiger charge is -2.08. The number of carbonyl (C=O) groups excluding carboxylic acids is 1. The maximum atomic E-state index is 12.7. The highest BCUT2D eigenvalue weighted by molar-refractivity contribution is 7.92. The molecule has 0 aliphatic heterocycles. The minimum atomic E-state index is -3.35. The van der Waals surface area contributed by atoms with Crippen molar-refractivity contribution in [1.29, 1.82) is 0 Å². The van der Waals surface area contributed by atoms with Gasteiger partial charge in [-0.05, 0) is 48.5 Å². The first-order valence-corrected chi connectivity index (χ1v) is 8.97. The zero-order valence-corrected chi connectivity index (χ0v) is 13.8. The molecule has 0 bridgehead atoms. The van der Waals surface area contributed by atoms with Crippen LogP contribution in [0.4, 0.5) is 10.1 Å². The Hall–Kier alpha value is -2.61. The molecule has 2 aromatic carbocycles. The normalized spacial score (nSPS) is 10.9. The summed E-state index contributed by atoms with van der Waals surface area (Å²) in [5, 5.41) is 2.67. The molecular weight excluding hydrogens is 335 g/mol. The maximum absolute atomic E-state index is 12.7. The molecule has 0 aliphatic rings. The third-order valence-electron chi connectivity index (χ3n) is 2.92. The van der Waals surface area contributed by atoms with Gasteiger partial charge in [0, 0.05) is 11.3 Å². The average Bonchev–Trinajstić information content (AvgIpc) is 2.52. The van der Waals surface area contributed by atoms with Crippen LogP contribution in [0.5, 0.6) is 5.75 Å². The minimum absolute atomic E-state index is 0.241. The summed E-state index contributed by atoms with van der Waals surface area (Å²) in [7, 11) is -3.35. The van der Waals surface area contributed by atoms with E-state index in [0.717, 1.165) is 6.26 Å². The number of amides is 1. The van der Waals surface area contributed by atoms with E-state index in [2.05, 4.69) is 10.0 Å². The van der Waals surface area contributed by atoms with Gasteiger partial charge in [-0.25, -0.2) is 12.8 Å². The van der Waals surface area contributed by atoms with Crippen LogP contribution < -0.4 is 14.8 Å². The number of hydrogen-bond donors (Lipinski definition) is 2. The van der Waals surface area contributed by atoms with Gasteiger partial charge in [0.25, 0.3) is 5.91 Å². The molecule has 0 fully saturated rings. The fraction of sp³-hybridized carbons (Fsp3) is 0.188. The Morgan fingerprint density at radius 2 is 1.71 bits per heavy atom. The third kappa shape index (κ3) is 5.88. The van der Waals surface area contributed by atoms with Crippen molar-refractivity contribution in [3.05, 3.63) is 59.9 Å². The van der Waals surface area contributed by atoms with Crippen molar-refractivity contribution in [2.24, 2.45) is 0 Å². The Labute approximate surface area is 139 Å². The first kappa shape index (κ1) is 17.7. The highest BCUT2D eigenvalue weighted by Crippen LogP contribution is 2.11. The molecule has 0 saturated carbocycles. The quantitative estimate of drug-likeness (QED) is 0.747. The van der Waals surface area contributed by atoms with E-state index < -0.39 is 10.0 Å². The topological polar surface area (TPSA) is 84.5 Å².